The molecule has 1 saturated heterocycles. The molecule has 1 heterocycles. The van der Waals surface area contributed by atoms with Gasteiger partial charge in [0.25, 0.3) is 0 Å². The minimum Gasteiger partial charge on any atom is -0.396 e. The topological polar surface area (TPSA) is 67.8 Å². The molecular weight excluding hydrogens is 282 g/mol. The molecule has 128 valence electrons. The highest BCUT2D eigenvalue weighted by Crippen LogP contribution is 2.45. The molecule has 0 aromatic carbocycles. The van der Waals surface area contributed by atoms with Crippen LogP contribution in [-0.4, -0.2) is 50.1 Å². The summed E-state index contributed by atoms with van der Waals surface area (Å²) >= 11 is 0. The van der Waals surface area contributed by atoms with Gasteiger partial charge in [-0.1, -0.05) is 19.8 Å². The van der Waals surface area contributed by atoms with E-state index < -0.39 is 0 Å². The summed E-state index contributed by atoms with van der Waals surface area (Å²) in [5, 5.41) is 13.1. The maximum Gasteiger partial charge on any atom is 0.246 e. The number of carbonyl (C=O) groups is 1. The number of unbranched alkanes of at least 4 members (excludes halogenated alkanes) is 2. The van der Waals surface area contributed by atoms with Gasteiger partial charge in [-0.05, 0) is 38.0 Å². The largest absolute Gasteiger partial charge is 0.396 e. The molecular formula is C17H31NO4. The van der Waals surface area contributed by atoms with Crippen molar-refractivity contribution in [2.45, 2.75) is 57.9 Å². The Bertz CT molecular complexity index is 338. The average molecular weight is 313 g/mol. The molecule has 1 aliphatic heterocycles. The summed E-state index contributed by atoms with van der Waals surface area (Å²) < 4.78 is 10.9. The summed E-state index contributed by atoms with van der Waals surface area (Å²) in [5.41, 5.74) is -0.211. The molecule has 0 bridgehead atoms. The molecule has 2 fully saturated rings. The number of aliphatic hydroxyl groups excluding tert-OH is 1. The molecule has 1 unspecified atom stereocenters. The highest BCUT2D eigenvalue weighted by Gasteiger charge is 2.47. The molecule has 5 heteroatoms. The van der Waals surface area contributed by atoms with E-state index in [-0.39, 0.29) is 30.6 Å². The smallest absolute Gasteiger partial charge is 0.246 e. The number of rotatable bonds is 10. The molecule has 2 N–H and O–H groups in total. The summed E-state index contributed by atoms with van der Waals surface area (Å²) in [7, 11) is 0. The highest BCUT2D eigenvalue weighted by molar-refractivity contribution is 5.77. The zero-order chi connectivity index (χ0) is 15.8. The molecule has 1 saturated carbocycles. The van der Waals surface area contributed by atoms with Crippen LogP contribution >= 0.6 is 0 Å². The Morgan fingerprint density at radius 1 is 1.36 bits per heavy atom. The molecule has 1 aliphatic carbocycles. The second-order valence-electron chi connectivity index (χ2n) is 6.78. The van der Waals surface area contributed by atoms with E-state index in [4.69, 9.17) is 9.47 Å². The van der Waals surface area contributed by atoms with Gasteiger partial charge in [-0.2, -0.15) is 0 Å². The van der Waals surface area contributed by atoms with Crippen molar-refractivity contribution in [3.63, 3.8) is 0 Å². The monoisotopic (exact) mass is 313 g/mol. The Labute approximate surface area is 133 Å². The number of hydrogen-bond acceptors (Lipinski definition) is 4. The number of nitrogens with one attached hydrogen (secondary N) is 1. The maximum atomic E-state index is 12.2. The molecule has 22 heavy (non-hydrogen) atoms. The van der Waals surface area contributed by atoms with Gasteiger partial charge in [-0.3, -0.25) is 4.79 Å². The van der Waals surface area contributed by atoms with Gasteiger partial charge in [0.05, 0.1) is 6.61 Å². The van der Waals surface area contributed by atoms with Crippen LogP contribution in [0.1, 0.15) is 51.9 Å². The Morgan fingerprint density at radius 3 is 2.68 bits per heavy atom. The molecule has 2 rings (SSSR count). The van der Waals surface area contributed by atoms with Gasteiger partial charge in [0.1, 0.15) is 6.61 Å². The summed E-state index contributed by atoms with van der Waals surface area (Å²) in [5.74, 6) is 0.460. The second-order valence-corrected chi connectivity index (χ2v) is 6.78. The molecule has 0 aromatic rings. The third kappa shape index (κ3) is 4.93. The van der Waals surface area contributed by atoms with Gasteiger partial charge in [-0.15, -0.1) is 0 Å². The molecule has 1 amide bonds. The van der Waals surface area contributed by atoms with E-state index in [1.807, 2.05) is 0 Å². The van der Waals surface area contributed by atoms with Gasteiger partial charge in [0.15, 0.2) is 0 Å². The van der Waals surface area contributed by atoms with Crippen LogP contribution in [0, 0.1) is 11.3 Å². The molecule has 0 spiro atoms. The quantitative estimate of drug-likeness (QED) is 0.604. The first-order chi connectivity index (χ1) is 10.7. The van der Waals surface area contributed by atoms with Crippen molar-refractivity contribution in [1.82, 2.24) is 5.32 Å². The van der Waals surface area contributed by atoms with Gasteiger partial charge >= 0.3 is 0 Å². The van der Waals surface area contributed by atoms with Crippen LogP contribution in [0.15, 0.2) is 0 Å². The number of ether oxygens (including phenoxy) is 2. The van der Waals surface area contributed by atoms with Crippen LogP contribution in [0.4, 0.5) is 0 Å². The standard InChI is InChI=1S/C17H31NO4/c1-2-3-4-9-22-12-15(20)18-16(14-5-6-14)17(13-19)7-10-21-11-8-17/h14,16,19H,2-13H2,1H3,(H,18,20). The van der Waals surface area contributed by atoms with E-state index in [0.717, 1.165) is 44.9 Å². The van der Waals surface area contributed by atoms with Crippen LogP contribution in [0.25, 0.3) is 0 Å². The molecule has 0 radical (unpaired) electrons. The van der Waals surface area contributed by atoms with Gasteiger partial charge < -0.3 is 19.9 Å². The lowest BCUT2D eigenvalue weighted by atomic mass is 9.72. The first-order valence-corrected chi connectivity index (χ1v) is 8.77. The van der Waals surface area contributed by atoms with Crippen LogP contribution in [0.5, 0.6) is 0 Å². The minimum absolute atomic E-state index is 0.0484. The van der Waals surface area contributed by atoms with Crippen molar-refractivity contribution in [2.75, 3.05) is 33.0 Å². The van der Waals surface area contributed by atoms with Crippen molar-refractivity contribution in [2.24, 2.45) is 11.3 Å². The van der Waals surface area contributed by atoms with E-state index in [1.165, 1.54) is 0 Å². The number of aliphatic hydroxyl groups is 1. The lowest BCUT2D eigenvalue weighted by molar-refractivity contribution is -0.129. The first kappa shape index (κ1) is 17.7. The number of amides is 1. The van der Waals surface area contributed by atoms with Gasteiger partial charge in [-0.25, -0.2) is 0 Å². The third-order valence-electron chi connectivity index (χ3n) is 5.00. The Hall–Kier alpha value is -0.650. The molecule has 1 atom stereocenters. The van der Waals surface area contributed by atoms with E-state index in [9.17, 15) is 9.90 Å². The zero-order valence-corrected chi connectivity index (χ0v) is 13.8. The highest BCUT2D eigenvalue weighted by atomic mass is 16.5. The Balaban J connectivity index is 1.82. The van der Waals surface area contributed by atoms with E-state index in [1.54, 1.807) is 0 Å². The lowest BCUT2D eigenvalue weighted by Gasteiger charge is -2.42. The second kappa shape index (κ2) is 8.85. The number of carbonyl (C=O) groups excluding carboxylic acids is 1. The van der Waals surface area contributed by atoms with E-state index in [0.29, 0.717) is 25.7 Å². The average Bonchev–Trinajstić information content (AvgIpc) is 3.38. The van der Waals surface area contributed by atoms with Crippen molar-refractivity contribution in [1.29, 1.82) is 0 Å². The predicted molar refractivity (Wildman–Crippen MR) is 84.6 cm³/mol. The van der Waals surface area contributed by atoms with Crippen molar-refractivity contribution < 1.29 is 19.4 Å². The normalized spacial score (nSPS) is 22.3. The number of hydrogen-bond donors (Lipinski definition) is 2. The van der Waals surface area contributed by atoms with Crippen molar-refractivity contribution >= 4 is 5.91 Å². The fourth-order valence-corrected chi connectivity index (χ4v) is 3.38. The fraction of sp³-hybridized carbons (Fsp3) is 0.941. The SMILES string of the molecule is CCCCCOCC(=O)NC(C1CC1)C1(CO)CCOCC1. The summed E-state index contributed by atoms with van der Waals surface area (Å²) in [6, 6.07) is 0.0631. The van der Waals surface area contributed by atoms with Crippen LogP contribution in [0.2, 0.25) is 0 Å². The maximum absolute atomic E-state index is 12.2. The molecule has 5 nitrogen and oxygen atoms in total. The Kier molecular flexibility index (Phi) is 7.12. The van der Waals surface area contributed by atoms with E-state index in [2.05, 4.69) is 12.2 Å². The summed E-state index contributed by atoms with van der Waals surface area (Å²) in [6.45, 7) is 4.39. The van der Waals surface area contributed by atoms with Gasteiger partial charge in [0, 0.05) is 31.3 Å². The van der Waals surface area contributed by atoms with E-state index >= 15 is 0 Å². The summed E-state index contributed by atoms with van der Waals surface area (Å²) in [4.78, 5) is 12.2. The first-order valence-electron chi connectivity index (χ1n) is 8.77. The van der Waals surface area contributed by atoms with Crippen molar-refractivity contribution in [3.8, 4) is 0 Å². The zero-order valence-electron chi connectivity index (χ0n) is 13.8. The van der Waals surface area contributed by atoms with Crippen LogP contribution in [-0.2, 0) is 14.3 Å². The summed E-state index contributed by atoms with van der Waals surface area (Å²) in [6.07, 6.45) is 7.23. The molecule has 2 aliphatic rings. The Morgan fingerprint density at radius 2 is 2.09 bits per heavy atom. The third-order valence-corrected chi connectivity index (χ3v) is 5.00. The fourth-order valence-electron chi connectivity index (χ4n) is 3.38. The van der Waals surface area contributed by atoms with Crippen LogP contribution < -0.4 is 5.32 Å². The molecule has 0 aromatic heterocycles. The van der Waals surface area contributed by atoms with Crippen LogP contribution in [0.3, 0.4) is 0 Å². The van der Waals surface area contributed by atoms with Gasteiger partial charge in [0.2, 0.25) is 5.91 Å². The van der Waals surface area contributed by atoms with Crippen molar-refractivity contribution in [3.05, 3.63) is 0 Å². The lowest BCUT2D eigenvalue weighted by Crippen LogP contribution is -2.54. The minimum atomic E-state index is -0.211. The predicted octanol–water partition coefficient (Wildman–Crippen LogP) is 1.88.